The Bertz CT molecular complexity index is 875. The molecule has 1 aromatic heterocycles. The number of nitrogens with zero attached hydrogens (tertiary/aromatic N) is 1. The minimum absolute atomic E-state index is 0. The Kier molecular flexibility index (Phi) is 8.07. The Balaban J connectivity index is 0.00000338. The van der Waals surface area contributed by atoms with E-state index < -0.39 is 33.4 Å². The fraction of sp³-hybridized carbons (Fsp3) is 0.333. The number of hydrogen-bond donors (Lipinski definition) is 2. The summed E-state index contributed by atoms with van der Waals surface area (Å²) in [4.78, 5) is 16.6. The third kappa shape index (κ3) is 6.94. The summed E-state index contributed by atoms with van der Waals surface area (Å²) < 4.78 is 48.7. The molecular weight excluding hydrogens is 408 g/mol. The zero-order valence-corrected chi connectivity index (χ0v) is 16.2. The normalized spacial score (nSPS) is 12.3. The number of aromatic nitrogens is 1. The number of anilines is 1. The van der Waals surface area contributed by atoms with E-state index in [1.165, 1.54) is 18.3 Å². The van der Waals surface area contributed by atoms with Crippen LogP contribution in [0, 0.1) is 11.6 Å². The second-order valence-corrected chi connectivity index (χ2v) is 8.93. The number of nitrogens with one attached hydrogen (secondary N) is 1. The first-order valence-electron chi connectivity index (χ1n) is 7.27. The van der Waals surface area contributed by atoms with E-state index in [-0.39, 0.29) is 36.1 Å². The van der Waals surface area contributed by atoms with Gasteiger partial charge < -0.3 is 11.1 Å². The average molecular weight is 426 g/mol. The van der Waals surface area contributed by atoms with Crippen LogP contribution in [-0.2, 0) is 21.1 Å². The van der Waals surface area contributed by atoms with E-state index in [0.717, 1.165) is 23.7 Å². The molecule has 144 valence electrons. The van der Waals surface area contributed by atoms with Crippen molar-refractivity contribution in [1.82, 2.24) is 4.98 Å². The Morgan fingerprint density at radius 2 is 2.08 bits per heavy atom. The van der Waals surface area contributed by atoms with Crippen molar-refractivity contribution in [3.63, 3.8) is 0 Å². The third-order valence-electron chi connectivity index (χ3n) is 3.30. The van der Waals surface area contributed by atoms with Gasteiger partial charge in [0.05, 0.1) is 11.8 Å². The topological polar surface area (TPSA) is 102 Å². The van der Waals surface area contributed by atoms with Crippen molar-refractivity contribution >= 4 is 44.6 Å². The molecule has 1 unspecified atom stereocenters. The molecule has 1 amide bonds. The Morgan fingerprint density at radius 1 is 1.38 bits per heavy atom. The number of carbonyl (C=O) groups excluding carboxylic acids is 1. The van der Waals surface area contributed by atoms with Crippen molar-refractivity contribution in [1.29, 1.82) is 0 Å². The number of nitrogens with two attached hydrogens (primary N) is 1. The second kappa shape index (κ2) is 9.36. The highest BCUT2D eigenvalue weighted by Gasteiger charge is 2.17. The predicted molar refractivity (Wildman–Crippen MR) is 99.5 cm³/mol. The number of benzene rings is 1. The molecule has 3 N–H and O–H groups in total. The number of carbonyl (C=O) groups is 1. The molecular formula is C15H18ClF2N3O3S2. The van der Waals surface area contributed by atoms with Crippen LogP contribution in [-0.4, -0.2) is 37.4 Å². The fourth-order valence-corrected chi connectivity index (χ4v) is 3.49. The van der Waals surface area contributed by atoms with E-state index in [2.05, 4.69) is 10.3 Å². The molecule has 2 aromatic rings. The van der Waals surface area contributed by atoms with Gasteiger partial charge >= 0.3 is 0 Å². The molecule has 0 spiro atoms. The van der Waals surface area contributed by atoms with Gasteiger partial charge in [-0.1, -0.05) is 6.07 Å². The van der Waals surface area contributed by atoms with E-state index >= 15 is 0 Å². The maximum atomic E-state index is 13.6. The van der Waals surface area contributed by atoms with Gasteiger partial charge in [0.1, 0.15) is 21.5 Å². The zero-order chi connectivity index (χ0) is 18.6. The molecule has 0 bridgehead atoms. The van der Waals surface area contributed by atoms with Crippen LogP contribution in [0.2, 0.25) is 0 Å². The van der Waals surface area contributed by atoms with Gasteiger partial charge in [0.25, 0.3) is 0 Å². The first kappa shape index (κ1) is 22.4. The monoisotopic (exact) mass is 425 g/mol. The van der Waals surface area contributed by atoms with E-state index in [1.54, 1.807) is 0 Å². The molecule has 0 aliphatic rings. The number of amides is 1. The summed E-state index contributed by atoms with van der Waals surface area (Å²) in [6, 6.07) is 2.35. The zero-order valence-electron chi connectivity index (χ0n) is 13.7. The van der Waals surface area contributed by atoms with Crippen LogP contribution >= 0.6 is 23.7 Å². The lowest BCUT2D eigenvalue weighted by Gasteiger charge is -2.09. The van der Waals surface area contributed by atoms with E-state index in [1.807, 2.05) is 0 Å². The summed E-state index contributed by atoms with van der Waals surface area (Å²) in [5.41, 5.74) is 5.96. The van der Waals surface area contributed by atoms with Crippen molar-refractivity contribution in [2.24, 2.45) is 5.73 Å². The molecule has 0 aliphatic carbocycles. The smallest absolute Gasteiger partial charge is 0.243 e. The number of rotatable bonds is 7. The third-order valence-corrected chi connectivity index (χ3v) is 5.19. The molecule has 6 nitrogen and oxygen atoms in total. The summed E-state index contributed by atoms with van der Waals surface area (Å²) in [5, 5.41) is 2.78. The SMILES string of the molecule is CS(=O)(=O)CCC(N)C(=O)Nc1ncc(Cc2ccc(F)cc2F)s1.Cl. The minimum Gasteiger partial charge on any atom is -0.320 e. The quantitative estimate of drug-likeness (QED) is 0.707. The summed E-state index contributed by atoms with van der Waals surface area (Å²) in [5.74, 6) is -2.03. The number of sulfone groups is 1. The molecule has 1 heterocycles. The molecule has 26 heavy (non-hydrogen) atoms. The summed E-state index contributed by atoms with van der Waals surface area (Å²) in [6.45, 7) is 0. The van der Waals surface area contributed by atoms with E-state index in [0.29, 0.717) is 10.4 Å². The number of halogens is 3. The van der Waals surface area contributed by atoms with Gasteiger partial charge in [-0.3, -0.25) is 4.79 Å². The maximum absolute atomic E-state index is 13.6. The molecule has 0 radical (unpaired) electrons. The van der Waals surface area contributed by atoms with Crippen LogP contribution in [0.1, 0.15) is 16.9 Å². The van der Waals surface area contributed by atoms with Crippen molar-refractivity contribution in [2.75, 3.05) is 17.3 Å². The molecule has 0 saturated carbocycles. The van der Waals surface area contributed by atoms with Crippen LogP contribution in [0.25, 0.3) is 0 Å². The van der Waals surface area contributed by atoms with Crippen LogP contribution in [0.5, 0.6) is 0 Å². The number of thiazole rings is 1. The molecule has 0 aliphatic heterocycles. The van der Waals surface area contributed by atoms with Gasteiger partial charge in [-0.25, -0.2) is 22.2 Å². The first-order valence-corrected chi connectivity index (χ1v) is 10.1. The molecule has 11 heteroatoms. The molecule has 1 atom stereocenters. The van der Waals surface area contributed by atoms with Crippen LogP contribution in [0.4, 0.5) is 13.9 Å². The Hall–Kier alpha value is -1.62. The molecule has 2 rings (SSSR count). The fourth-order valence-electron chi connectivity index (χ4n) is 1.97. The second-order valence-electron chi connectivity index (χ2n) is 5.56. The maximum Gasteiger partial charge on any atom is 0.243 e. The van der Waals surface area contributed by atoms with Crippen molar-refractivity contribution in [3.8, 4) is 0 Å². The lowest BCUT2D eigenvalue weighted by molar-refractivity contribution is -0.117. The van der Waals surface area contributed by atoms with Gasteiger partial charge in [-0.15, -0.1) is 23.7 Å². The average Bonchev–Trinajstić information content (AvgIpc) is 2.94. The van der Waals surface area contributed by atoms with Crippen molar-refractivity contribution in [3.05, 3.63) is 46.5 Å². The Morgan fingerprint density at radius 3 is 2.69 bits per heavy atom. The van der Waals surface area contributed by atoms with Gasteiger partial charge in [0.2, 0.25) is 5.91 Å². The summed E-state index contributed by atoms with van der Waals surface area (Å²) in [7, 11) is -3.20. The lowest BCUT2D eigenvalue weighted by Crippen LogP contribution is -2.37. The lowest BCUT2D eigenvalue weighted by atomic mass is 10.1. The summed E-state index contributed by atoms with van der Waals surface area (Å²) in [6.07, 6.45) is 2.76. The first-order chi connectivity index (χ1) is 11.6. The van der Waals surface area contributed by atoms with Gasteiger partial charge in [0, 0.05) is 29.8 Å². The standard InChI is InChI=1S/C15H17F2N3O3S2.ClH/c1-25(22,23)5-4-13(18)14(21)20-15-19-8-11(24-15)6-9-2-3-10(16)7-12(9)17;/h2-3,7-8,13H,4-6,18H2,1H3,(H,19,20,21);1H. The van der Waals surface area contributed by atoms with Gasteiger partial charge in [0.15, 0.2) is 5.13 Å². The highest BCUT2D eigenvalue weighted by Crippen LogP contribution is 2.23. The van der Waals surface area contributed by atoms with Gasteiger partial charge in [-0.2, -0.15) is 0 Å². The summed E-state index contributed by atoms with van der Waals surface area (Å²) >= 11 is 1.13. The molecule has 0 fully saturated rings. The van der Waals surface area contributed by atoms with Crippen LogP contribution in [0.3, 0.4) is 0 Å². The van der Waals surface area contributed by atoms with Crippen molar-refractivity contribution in [2.45, 2.75) is 18.9 Å². The van der Waals surface area contributed by atoms with Crippen molar-refractivity contribution < 1.29 is 22.0 Å². The highest BCUT2D eigenvalue weighted by atomic mass is 35.5. The van der Waals surface area contributed by atoms with Crippen LogP contribution in [0.15, 0.2) is 24.4 Å². The highest BCUT2D eigenvalue weighted by molar-refractivity contribution is 7.90. The largest absolute Gasteiger partial charge is 0.320 e. The van der Waals surface area contributed by atoms with E-state index in [9.17, 15) is 22.0 Å². The molecule has 1 aromatic carbocycles. The Labute approximate surface area is 160 Å². The number of hydrogen-bond acceptors (Lipinski definition) is 6. The van der Waals surface area contributed by atoms with Crippen LogP contribution < -0.4 is 11.1 Å². The van der Waals surface area contributed by atoms with Gasteiger partial charge in [-0.05, 0) is 18.1 Å². The predicted octanol–water partition coefficient (Wildman–Crippen LogP) is 2.13. The minimum atomic E-state index is -3.20. The van der Waals surface area contributed by atoms with E-state index in [4.69, 9.17) is 5.73 Å². The molecule has 0 saturated heterocycles.